The molecule has 0 aliphatic heterocycles. The van der Waals surface area contributed by atoms with Gasteiger partial charge in [-0.25, -0.2) is 0 Å². The van der Waals surface area contributed by atoms with Crippen molar-refractivity contribution in [2.45, 2.75) is 51.2 Å². The summed E-state index contributed by atoms with van der Waals surface area (Å²) in [4.78, 5) is 0. The van der Waals surface area contributed by atoms with Gasteiger partial charge in [0.2, 0.25) is 0 Å². The number of ether oxygens (including phenoxy) is 1. The fourth-order valence-corrected chi connectivity index (χ4v) is 2.49. The normalized spacial score (nSPS) is 34.9. The molecule has 0 spiro atoms. The quantitative estimate of drug-likeness (QED) is 0.698. The van der Waals surface area contributed by atoms with Crippen LogP contribution in [0.5, 0.6) is 0 Å². The minimum Gasteiger partial charge on any atom is -0.373 e. The largest absolute Gasteiger partial charge is 0.373 e. The van der Waals surface area contributed by atoms with Gasteiger partial charge in [-0.2, -0.15) is 0 Å². The molecule has 1 aliphatic rings. The lowest BCUT2D eigenvalue weighted by molar-refractivity contribution is -0.0818. The Labute approximate surface area is 87.2 Å². The molecule has 80 valence electrons. The van der Waals surface area contributed by atoms with Gasteiger partial charge in [0.05, 0.1) is 11.6 Å². The van der Waals surface area contributed by atoms with E-state index in [-0.39, 0.29) is 11.6 Å². The van der Waals surface area contributed by atoms with Crippen LogP contribution in [0.2, 0.25) is 0 Å². The summed E-state index contributed by atoms with van der Waals surface area (Å²) in [6, 6.07) is -0.259. The Balaban J connectivity index is 2.75. The number of terminal acetylenes is 1. The van der Waals surface area contributed by atoms with E-state index in [4.69, 9.17) is 16.9 Å². The molecule has 0 radical (unpaired) electrons. The maximum absolute atomic E-state index is 5.97. The average molecular weight is 195 g/mol. The summed E-state index contributed by atoms with van der Waals surface area (Å²) in [6.45, 7) is 4.95. The maximum atomic E-state index is 5.97. The smallest absolute Gasteiger partial charge is 0.0956 e. The summed E-state index contributed by atoms with van der Waals surface area (Å²) in [5.41, 5.74) is 5.72. The summed E-state index contributed by atoms with van der Waals surface area (Å²) in [6.07, 6.45) is 9.87. The molecule has 14 heavy (non-hydrogen) atoms. The summed E-state index contributed by atoms with van der Waals surface area (Å²) >= 11 is 0. The van der Waals surface area contributed by atoms with E-state index >= 15 is 0 Å². The van der Waals surface area contributed by atoms with Gasteiger partial charge in [0, 0.05) is 6.61 Å². The molecule has 1 fully saturated rings. The van der Waals surface area contributed by atoms with Crippen molar-refractivity contribution in [1.82, 2.24) is 0 Å². The van der Waals surface area contributed by atoms with Crippen LogP contribution < -0.4 is 5.73 Å². The minimum absolute atomic E-state index is 0.249. The fraction of sp³-hybridized carbons (Fsp3) is 0.833. The summed E-state index contributed by atoms with van der Waals surface area (Å²) < 4.78 is 5.83. The molecule has 0 aromatic carbocycles. The molecule has 1 saturated carbocycles. The van der Waals surface area contributed by atoms with Gasteiger partial charge in [0.15, 0.2) is 0 Å². The first kappa shape index (κ1) is 11.6. The molecule has 1 rings (SSSR count). The van der Waals surface area contributed by atoms with E-state index < -0.39 is 0 Å². The third-order valence-electron chi connectivity index (χ3n) is 3.17. The molecular weight excluding hydrogens is 174 g/mol. The third-order valence-corrected chi connectivity index (χ3v) is 3.17. The Kier molecular flexibility index (Phi) is 3.97. The van der Waals surface area contributed by atoms with E-state index in [1.54, 1.807) is 0 Å². The number of nitrogens with two attached hydrogens (primary N) is 1. The Bertz CT molecular complexity index is 217. The van der Waals surface area contributed by atoms with Crippen LogP contribution in [0.4, 0.5) is 0 Å². The topological polar surface area (TPSA) is 35.2 Å². The molecule has 2 nitrogen and oxygen atoms in total. The van der Waals surface area contributed by atoms with E-state index in [1.807, 2.05) is 6.92 Å². The molecule has 1 aliphatic carbocycles. The van der Waals surface area contributed by atoms with Crippen LogP contribution in [0.3, 0.4) is 0 Å². The van der Waals surface area contributed by atoms with Crippen molar-refractivity contribution in [2.24, 2.45) is 11.7 Å². The van der Waals surface area contributed by atoms with Crippen LogP contribution >= 0.6 is 0 Å². The molecule has 3 atom stereocenters. The lowest BCUT2D eigenvalue weighted by Gasteiger charge is -2.42. The van der Waals surface area contributed by atoms with Gasteiger partial charge in [-0.1, -0.05) is 25.7 Å². The van der Waals surface area contributed by atoms with Crippen LogP contribution in [0.25, 0.3) is 0 Å². The van der Waals surface area contributed by atoms with E-state index in [0.29, 0.717) is 12.5 Å². The molecule has 0 saturated heterocycles. The highest BCUT2D eigenvalue weighted by Gasteiger charge is 2.40. The Morgan fingerprint density at radius 1 is 1.71 bits per heavy atom. The second kappa shape index (κ2) is 4.82. The van der Waals surface area contributed by atoms with Crippen LogP contribution in [-0.2, 0) is 4.74 Å². The zero-order chi connectivity index (χ0) is 10.6. The van der Waals surface area contributed by atoms with Crippen molar-refractivity contribution in [1.29, 1.82) is 0 Å². The number of hydrogen-bond donors (Lipinski definition) is 1. The average Bonchev–Trinajstić information content (AvgIpc) is 2.17. The highest BCUT2D eigenvalue weighted by Crippen LogP contribution is 2.36. The number of rotatable bonds is 3. The Morgan fingerprint density at radius 2 is 2.43 bits per heavy atom. The van der Waals surface area contributed by atoms with Crippen LogP contribution in [0.1, 0.15) is 39.5 Å². The first-order valence-corrected chi connectivity index (χ1v) is 5.50. The monoisotopic (exact) mass is 195 g/mol. The predicted octanol–water partition coefficient (Wildman–Crippen LogP) is 1.93. The lowest BCUT2D eigenvalue weighted by atomic mass is 9.75. The van der Waals surface area contributed by atoms with Gasteiger partial charge in [-0.05, 0) is 25.7 Å². The molecule has 0 aromatic heterocycles. The van der Waals surface area contributed by atoms with Gasteiger partial charge in [0.1, 0.15) is 0 Å². The lowest BCUT2D eigenvalue weighted by Crippen LogP contribution is -2.52. The standard InChI is InChI=1S/C12H21NO/c1-4-11(13)12(14-5-2)8-6-7-10(3)9-12/h1,10-11H,5-9,13H2,2-3H3. The maximum Gasteiger partial charge on any atom is 0.0956 e. The van der Waals surface area contributed by atoms with Gasteiger partial charge >= 0.3 is 0 Å². The Hall–Kier alpha value is -0.520. The van der Waals surface area contributed by atoms with Crippen LogP contribution in [0, 0.1) is 18.3 Å². The van der Waals surface area contributed by atoms with Gasteiger partial charge < -0.3 is 10.5 Å². The summed E-state index contributed by atoms with van der Waals surface area (Å²) in [5, 5.41) is 0. The molecule has 2 heteroatoms. The predicted molar refractivity (Wildman–Crippen MR) is 58.8 cm³/mol. The van der Waals surface area contributed by atoms with E-state index in [9.17, 15) is 0 Å². The van der Waals surface area contributed by atoms with Crippen molar-refractivity contribution >= 4 is 0 Å². The highest BCUT2D eigenvalue weighted by atomic mass is 16.5. The van der Waals surface area contributed by atoms with Crippen LogP contribution in [0.15, 0.2) is 0 Å². The zero-order valence-corrected chi connectivity index (χ0v) is 9.25. The second-order valence-corrected chi connectivity index (χ2v) is 4.34. The first-order chi connectivity index (χ1) is 6.64. The molecular formula is C12H21NO. The molecule has 0 amide bonds. The van der Waals surface area contributed by atoms with Crippen molar-refractivity contribution in [2.75, 3.05) is 6.61 Å². The number of hydrogen-bond acceptors (Lipinski definition) is 2. The molecule has 0 heterocycles. The van der Waals surface area contributed by atoms with Crippen molar-refractivity contribution in [3.63, 3.8) is 0 Å². The highest BCUT2D eigenvalue weighted by molar-refractivity contribution is 5.10. The van der Waals surface area contributed by atoms with Gasteiger partial charge in [0.25, 0.3) is 0 Å². The van der Waals surface area contributed by atoms with E-state index in [2.05, 4.69) is 12.8 Å². The first-order valence-electron chi connectivity index (χ1n) is 5.50. The van der Waals surface area contributed by atoms with E-state index in [0.717, 1.165) is 12.8 Å². The van der Waals surface area contributed by atoms with Crippen molar-refractivity contribution in [3.8, 4) is 12.3 Å². The summed E-state index contributed by atoms with van der Waals surface area (Å²) in [5.74, 6) is 3.31. The van der Waals surface area contributed by atoms with Crippen molar-refractivity contribution in [3.05, 3.63) is 0 Å². The molecule has 0 bridgehead atoms. The fourth-order valence-electron chi connectivity index (χ4n) is 2.49. The second-order valence-electron chi connectivity index (χ2n) is 4.34. The van der Waals surface area contributed by atoms with E-state index in [1.165, 1.54) is 12.8 Å². The summed E-state index contributed by atoms with van der Waals surface area (Å²) in [7, 11) is 0. The Morgan fingerprint density at radius 3 is 2.93 bits per heavy atom. The SMILES string of the molecule is C#CC(N)C1(OCC)CCCC(C)C1. The third kappa shape index (κ3) is 2.29. The van der Waals surface area contributed by atoms with Gasteiger partial charge in [-0.3, -0.25) is 0 Å². The van der Waals surface area contributed by atoms with Crippen molar-refractivity contribution < 1.29 is 4.74 Å². The minimum atomic E-state index is -0.259. The molecule has 3 unspecified atom stereocenters. The molecule has 0 aromatic rings. The van der Waals surface area contributed by atoms with Crippen LogP contribution in [-0.4, -0.2) is 18.2 Å². The molecule has 2 N–H and O–H groups in total. The van der Waals surface area contributed by atoms with Gasteiger partial charge in [-0.15, -0.1) is 6.42 Å². The zero-order valence-electron chi connectivity index (χ0n) is 9.25.